The molecule has 0 unspecified atom stereocenters. The maximum Gasteiger partial charge on any atom is 0.260 e. The number of hydrogen-bond acceptors (Lipinski definition) is 6. The van der Waals surface area contributed by atoms with Crippen molar-refractivity contribution < 1.29 is 22.7 Å². The topological polar surface area (TPSA) is 97.3 Å². The van der Waals surface area contributed by atoms with E-state index in [1.54, 1.807) is 36.4 Å². The summed E-state index contributed by atoms with van der Waals surface area (Å²) < 4.78 is 37.4. The van der Waals surface area contributed by atoms with Gasteiger partial charge in [-0.1, -0.05) is 29.8 Å². The lowest BCUT2D eigenvalue weighted by atomic mass is 10.1. The third-order valence-corrected chi connectivity index (χ3v) is 6.51. The molecule has 10 heteroatoms. The van der Waals surface area contributed by atoms with Crippen molar-refractivity contribution in [2.45, 2.75) is 27.4 Å². The van der Waals surface area contributed by atoms with Gasteiger partial charge in [0.25, 0.3) is 5.91 Å². The molecule has 0 atom stereocenters. The van der Waals surface area contributed by atoms with E-state index in [0.717, 1.165) is 27.3 Å². The molecule has 0 aliphatic heterocycles. The average Bonchev–Trinajstić information content (AvgIpc) is 2.81. The van der Waals surface area contributed by atoms with E-state index < -0.39 is 22.5 Å². The largest absolute Gasteiger partial charge is 0.490 e. The Morgan fingerprint density at radius 1 is 1.03 bits per heavy atom. The highest BCUT2D eigenvalue weighted by molar-refractivity contribution is 7.92. The van der Waals surface area contributed by atoms with Crippen molar-refractivity contribution in [3.05, 3.63) is 87.9 Å². The zero-order valence-electron chi connectivity index (χ0n) is 21.2. The molecule has 0 heterocycles. The van der Waals surface area contributed by atoms with Gasteiger partial charge in [0.1, 0.15) is 13.2 Å². The van der Waals surface area contributed by atoms with Gasteiger partial charge in [0, 0.05) is 5.02 Å². The van der Waals surface area contributed by atoms with Crippen LogP contribution in [0, 0.1) is 13.8 Å². The summed E-state index contributed by atoms with van der Waals surface area (Å²) in [7, 11) is -3.69. The number of nitrogens with one attached hydrogen (secondary N) is 1. The molecular formula is C27H30ClN3O5S. The van der Waals surface area contributed by atoms with Crippen molar-refractivity contribution in [1.29, 1.82) is 0 Å². The first-order valence-electron chi connectivity index (χ1n) is 11.6. The van der Waals surface area contributed by atoms with Crippen LogP contribution >= 0.6 is 11.6 Å². The molecule has 0 spiro atoms. The smallest absolute Gasteiger partial charge is 0.260 e. The van der Waals surface area contributed by atoms with Gasteiger partial charge in [-0.05, 0) is 85.5 Å². The average molecular weight is 544 g/mol. The molecule has 0 aliphatic carbocycles. The normalized spacial score (nSPS) is 11.4. The first kappa shape index (κ1) is 28.0. The van der Waals surface area contributed by atoms with Crippen LogP contribution in [0.4, 0.5) is 5.69 Å². The molecule has 0 radical (unpaired) electrons. The first-order chi connectivity index (χ1) is 17.5. The Morgan fingerprint density at radius 3 is 2.41 bits per heavy atom. The number of rotatable bonds is 11. The number of anilines is 1. The molecular weight excluding hydrogens is 514 g/mol. The van der Waals surface area contributed by atoms with Crippen LogP contribution in [0.3, 0.4) is 0 Å². The van der Waals surface area contributed by atoms with Crippen LogP contribution in [-0.2, 0) is 21.4 Å². The van der Waals surface area contributed by atoms with Crippen LogP contribution in [0.15, 0.2) is 65.8 Å². The number of amides is 1. The van der Waals surface area contributed by atoms with Crippen molar-refractivity contribution in [3.63, 3.8) is 0 Å². The van der Waals surface area contributed by atoms with Crippen molar-refractivity contribution in [1.82, 2.24) is 5.43 Å². The highest BCUT2D eigenvalue weighted by Gasteiger charge is 2.21. The molecule has 3 aromatic carbocycles. The number of halogens is 1. The molecule has 0 bridgehead atoms. The third-order valence-electron chi connectivity index (χ3n) is 5.14. The monoisotopic (exact) mass is 543 g/mol. The lowest BCUT2D eigenvalue weighted by Gasteiger charge is -2.22. The summed E-state index contributed by atoms with van der Waals surface area (Å²) >= 11 is 6.04. The Kier molecular flexibility index (Phi) is 9.54. The van der Waals surface area contributed by atoms with E-state index in [-0.39, 0.29) is 0 Å². The zero-order valence-corrected chi connectivity index (χ0v) is 22.8. The van der Waals surface area contributed by atoms with Gasteiger partial charge in [-0.15, -0.1) is 0 Å². The second-order valence-electron chi connectivity index (χ2n) is 8.47. The highest BCUT2D eigenvalue weighted by Crippen LogP contribution is 2.29. The Morgan fingerprint density at radius 2 is 1.76 bits per heavy atom. The van der Waals surface area contributed by atoms with Gasteiger partial charge in [0.2, 0.25) is 10.0 Å². The molecule has 0 saturated carbocycles. The number of nitrogens with zero attached hydrogens (tertiary/aromatic N) is 2. The van der Waals surface area contributed by atoms with Crippen molar-refractivity contribution in [2.75, 3.05) is 23.7 Å². The minimum absolute atomic E-state index is 0.321. The van der Waals surface area contributed by atoms with E-state index in [9.17, 15) is 13.2 Å². The quantitative estimate of drug-likeness (QED) is 0.275. The summed E-state index contributed by atoms with van der Waals surface area (Å²) in [5, 5.41) is 4.62. The van der Waals surface area contributed by atoms with E-state index in [1.165, 1.54) is 6.21 Å². The van der Waals surface area contributed by atoms with Gasteiger partial charge in [-0.25, -0.2) is 13.8 Å². The number of ether oxygens (including phenoxy) is 2. The second kappa shape index (κ2) is 12.6. The molecule has 196 valence electrons. The standard InChI is InChI=1S/C27H30ClN3O5S/c1-5-35-26-15-21(9-10-25(26)36-18-22-7-6-8-23(28)14-22)16-29-30-27(32)17-31(37(4,33)34)24-12-19(2)11-20(3)13-24/h6-16H,5,17-18H2,1-4H3,(H,30,32)/b29-16-. The Labute approximate surface area is 222 Å². The van der Waals surface area contributed by atoms with Crippen molar-refractivity contribution in [3.8, 4) is 11.5 Å². The fourth-order valence-electron chi connectivity index (χ4n) is 3.62. The van der Waals surface area contributed by atoms with E-state index in [2.05, 4.69) is 10.5 Å². The molecule has 0 fully saturated rings. The van der Waals surface area contributed by atoms with Crippen molar-refractivity contribution >= 4 is 39.4 Å². The summed E-state index contributed by atoms with van der Waals surface area (Å²) in [6.45, 7) is 5.95. The summed E-state index contributed by atoms with van der Waals surface area (Å²) in [5.74, 6) is 0.505. The molecule has 3 rings (SSSR count). The zero-order chi connectivity index (χ0) is 27.0. The Balaban J connectivity index is 1.67. The van der Waals surface area contributed by atoms with E-state index in [4.69, 9.17) is 21.1 Å². The lowest BCUT2D eigenvalue weighted by molar-refractivity contribution is -0.119. The fourth-order valence-corrected chi connectivity index (χ4v) is 4.67. The van der Waals surface area contributed by atoms with E-state index in [1.807, 2.05) is 45.0 Å². The van der Waals surface area contributed by atoms with E-state index >= 15 is 0 Å². The van der Waals surface area contributed by atoms with E-state index in [0.29, 0.717) is 41.0 Å². The molecule has 0 saturated heterocycles. The number of sulfonamides is 1. The molecule has 1 N–H and O–H groups in total. The number of benzene rings is 3. The minimum atomic E-state index is -3.69. The molecule has 0 aliphatic rings. The van der Waals surface area contributed by atoms with Crippen LogP contribution in [0.5, 0.6) is 11.5 Å². The van der Waals surface area contributed by atoms with Crippen LogP contribution in [0.2, 0.25) is 5.02 Å². The molecule has 3 aromatic rings. The van der Waals surface area contributed by atoms with Gasteiger partial charge in [0.15, 0.2) is 11.5 Å². The summed E-state index contributed by atoms with van der Waals surface area (Å²) in [6.07, 6.45) is 2.51. The number of carbonyl (C=O) groups is 1. The molecule has 8 nitrogen and oxygen atoms in total. The minimum Gasteiger partial charge on any atom is -0.490 e. The third kappa shape index (κ3) is 8.51. The van der Waals surface area contributed by atoms with Crippen molar-refractivity contribution in [2.24, 2.45) is 5.10 Å². The number of carbonyl (C=O) groups excluding carboxylic acids is 1. The maximum atomic E-state index is 12.5. The summed E-state index contributed by atoms with van der Waals surface area (Å²) in [5.41, 5.74) is 6.19. The van der Waals surface area contributed by atoms with Gasteiger partial charge in [-0.2, -0.15) is 5.10 Å². The first-order valence-corrected chi connectivity index (χ1v) is 13.8. The molecule has 1 amide bonds. The Bertz CT molecular complexity index is 1370. The Hall–Kier alpha value is -3.56. The van der Waals surface area contributed by atoms with Crippen LogP contribution in [-0.4, -0.2) is 39.9 Å². The maximum absolute atomic E-state index is 12.5. The highest BCUT2D eigenvalue weighted by atomic mass is 35.5. The number of hydrazone groups is 1. The van der Waals surface area contributed by atoms with Crippen LogP contribution < -0.4 is 19.2 Å². The summed E-state index contributed by atoms with van der Waals surface area (Å²) in [6, 6.07) is 18.0. The molecule has 37 heavy (non-hydrogen) atoms. The van der Waals surface area contributed by atoms with Gasteiger partial charge in [-0.3, -0.25) is 9.10 Å². The number of aryl methyl sites for hydroxylation is 2. The lowest BCUT2D eigenvalue weighted by Crippen LogP contribution is -2.39. The van der Waals surface area contributed by atoms with Crippen LogP contribution in [0.1, 0.15) is 29.2 Å². The SMILES string of the molecule is CCOc1cc(/C=N\NC(=O)CN(c2cc(C)cc(C)c2)S(C)(=O)=O)ccc1OCc1cccc(Cl)c1. The number of hydrogen-bond donors (Lipinski definition) is 1. The van der Waals surface area contributed by atoms with Gasteiger partial charge in [0.05, 0.1) is 24.8 Å². The molecule has 0 aromatic heterocycles. The van der Waals surface area contributed by atoms with Gasteiger partial charge >= 0.3 is 0 Å². The predicted molar refractivity (Wildman–Crippen MR) is 147 cm³/mol. The fraction of sp³-hybridized carbons (Fsp3) is 0.259. The second-order valence-corrected chi connectivity index (χ2v) is 10.8. The predicted octanol–water partition coefficient (Wildman–Crippen LogP) is 4.85. The van der Waals surface area contributed by atoms with Crippen LogP contribution in [0.25, 0.3) is 0 Å². The summed E-state index contributed by atoms with van der Waals surface area (Å²) in [4.78, 5) is 12.5. The van der Waals surface area contributed by atoms with Gasteiger partial charge < -0.3 is 9.47 Å².